The lowest BCUT2D eigenvalue weighted by molar-refractivity contribution is -0.166. The monoisotopic (exact) mass is 211 g/mol. The summed E-state index contributed by atoms with van der Waals surface area (Å²) in [6.45, 7) is 6.88. The lowest BCUT2D eigenvalue weighted by Gasteiger charge is -2.44. The van der Waals surface area contributed by atoms with Crippen LogP contribution < -0.4 is 5.32 Å². The van der Waals surface area contributed by atoms with Gasteiger partial charge in [-0.05, 0) is 53.0 Å². The molecule has 3 nitrogen and oxygen atoms in total. The molecule has 0 amide bonds. The van der Waals surface area contributed by atoms with Crippen LogP contribution in [0.3, 0.4) is 0 Å². The number of ether oxygens (including phenoxy) is 1. The maximum absolute atomic E-state index is 11.7. The zero-order valence-corrected chi connectivity index (χ0v) is 9.93. The van der Waals surface area contributed by atoms with Crippen LogP contribution in [0.15, 0.2) is 0 Å². The van der Waals surface area contributed by atoms with E-state index in [0.717, 1.165) is 19.4 Å². The third-order valence-electron chi connectivity index (χ3n) is 3.35. The molecule has 1 aliphatic heterocycles. The molecule has 0 bridgehead atoms. The van der Waals surface area contributed by atoms with Crippen molar-refractivity contribution in [3.05, 3.63) is 0 Å². The molecule has 2 aliphatic rings. The quantitative estimate of drug-likeness (QED) is 0.673. The number of nitrogens with one attached hydrogen (secondary N) is 1. The molecule has 0 aromatic rings. The van der Waals surface area contributed by atoms with Gasteiger partial charge < -0.3 is 10.1 Å². The first kappa shape index (κ1) is 10.9. The Bertz CT molecular complexity index is 253. The van der Waals surface area contributed by atoms with Crippen LogP contribution in [-0.2, 0) is 9.53 Å². The number of esters is 1. The van der Waals surface area contributed by atoms with Crippen LogP contribution in [0.4, 0.5) is 0 Å². The molecule has 86 valence electrons. The first-order valence-corrected chi connectivity index (χ1v) is 5.88. The average molecular weight is 211 g/mol. The van der Waals surface area contributed by atoms with Gasteiger partial charge in [-0.1, -0.05) is 0 Å². The predicted molar refractivity (Wildman–Crippen MR) is 58.5 cm³/mol. The zero-order valence-electron chi connectivity index (χ0n) is 9.93. The van der Waals surface area contributed by atoms with Crippen molar-refractivity contribution in [2.75, 3.05) is 6.54 Å². The van der Waals surface area contributed by atoms with Gasteiger partial charge in [0.1, 0.15) is 5.60 Å². The Labute approximate surface area is 91.6 Å². The fourth-order valence-electron chi connectivity index (χ4n) is 2.65. The van der Waals surface area contributed by atoms with E-state index in [1.54, 1.807) is 0 Å². The minimum Gasteiger partial charge on any atom is -0.460 e. The maximum atomic E-state index is 11.7. The van der Waals surface area contributed by atoms with E-state index in [1.165, 1.54) is 12.8 Å². The van der Waals surface area contributed by atoms with Gasteiger partial charge in [0.05, 0.1) is 5.92 Å². The molecular formula is C12H21NO2. The van der Waals surface area contributed by atoms with Crippen molar-refractivity contribution in [3.63, 3.8) is 0 Å². The topological polar surface area (TPSA) is 38.3 Å². The van der Waals surface area contributed by atoms with Crippen LogP contribution >= 0.6 is 0 Å². The molecule has 1 heterocycles. The Balaban J connectivity index is 1.81. The molecule has 0 unspecified atom stereocenters. The highest BCUT2D eigenvalue weighted by Gasteiger charge is 2.49. The largest absolute Gasteiger partial charge is 0.460 e. The normalized spacial score (nSPS) is 35.3. The lowest BCUT2D eigenvalue weighted by atomic mass is 9.67. The van der Waals surface area contributed by atoms with E-state index in [4.69, 9.17) is 4.74 Å². The van der Waals surface area contributed by atoms with Crippen molar-refractivity contribution in [1.82, 2.24) is 5.32 Å². The molecule has 3 heteroatoms. The van der Waals surface area contributed by atoms with Gasteiger partial charge in [-0.15, -0.1) is 0 Å². The Hall–Kier alpha value is -0.570. The van der Waals surface area contributed by atoms with Crippen molar-refractivity contribution in [2.45, 2.75) is 57.6 Å². The smallest absolute Gasteiger partial charge is 0.309 e. The van der Waals surface area contributed by atoms with Crippen LogP contribution in [0.2, 0.25) is 0 Å². The maximum Gasteiger partial charge on any atom is 0.309 e. The van der Waals surface area contributed by atoms with Gasteiger partial charge in [0.15, 0.2) is 0 Å². The molecule has 1 saturated carbocycles. The molecular weight excluding hydrogens is 190 g/mol. The van der Waals surface area contributed by atoms with Crippen LogP contribution in [0.25, 0.3) is 0 Å². The summed E-state index contributed by atoms with van der Waals surface area (Å²) in [5.74, 6) is 0.122. The first-order valence-electron chi connectivity index (χ1n) is 5.88. The van der Waals surface area contributed by atoms with Crippen molar-refractivity contribution in [3.8, 4) is 0 Å². The summed E-state index contributed by atoms with van der Waals surface area (Å²) in [5, 5.41) is 3.51. The predicted octanol–water partition coefficient (Wildman–Crippen LogP) is 1.86. The second kappa shape index (κ2) is 3.48. The number of rotatable bonds is 1. The summed E-state index contributed by atoms with van der Waals surface area (Å²) < 4.78 is 5.38. The Morgan fingerprint density at radius 2 is 2.07 bits per heavy atom. The van der Waals surface area contributed by atoms with Crippen LogP contribution in [0.5, 0.6) is 0 Å². The van der Waals surface area contributed by atoms with E-state index in [-0.39, 0.29) is 17.5 Å². The molecule has 0 aromatic carbocycles. The van der Waals surface area contributed by atoms with Gasteiger partial charge in [0, 0.05) is 5.54 Å². The lowest BCUT2D eigenvalue weighted by Crippen LogP contribution is -2.54. The van der Waals surface area contributed by atoms with E-state index in [2.05, 4.69) is 5.32 Å². The SMILES string of the molecule is CC(C)(C)OC(=O)C1CC2(CCCN2)C1. The Morgan fingerprint density at radius 3 is 2.53 bits per heavy atom. The first-order chi connectivity index (χ1) is 6.90. The van der Waals surface area contributed by atoms with Crippen molar-refractivity contribution in [2.24, 2.45) is 5.92 Å². The van der Waals surface area contributed by atoms with Gasteiger partial charge >= 0.3 is 5.97 Å². The molecule has 15 heavy (non-hydrogen) atoms. The number of carbonyl (C=O) groups is 1. The summed E-state index contributed by atoms with van der Waals surface area (Å²) in [5.41, 5.74) is -0.0511. The highest BCUT2D eigenvalue weighted by molar-refractivity contribution is 5.74. The fraction of sp³-hybridized carbons (Fsp3) is 0.917. The van der Waals surface area contributed by atoms with Crippen LogP contribution in [0, 0.1) is 5.92 Å². The molecule has 1 saturated heterocycles. The Morgan fingerprint density at radius 1 is 1.40 bits per heavy atom. The van der Waals surface area contributed by atoms with Crippen molar-refractivity contribution >= 4 is 5.97 Å². The van der Waals surface area contributed by atoms with Gasteiger partial charge in [0.2, 0.25) is 0 Å². The van der Waals surface area contributed by atoms with Crippen LogP contribution in [0.1, 0.15) is 46.5 Å². The van der Waals surface area contributed by atoms with Crippen molar-refractivity contribution in [1.29, 1.82) is 0 Å². The summed E-state index contributed by atoms with van der Waals surface area (Å²) >= 11 is 0. The summed E-state index contributed by atoms with van der Waals surface area (Å²) in [6.07, 6.45) is 4.43. The van der Waals surface area contributed by atoms with Gasteiger partial charge in [0.25, 0.3) is 0 Å². The van der Waals surface area contributed by atoms with E-state index in [9.17, 15) is 4.79 Å². The molecule has 0 radical (unpaired) electrons. The molecule has 2 rings (SSSR count). The second-order valence-corrected chi connectivity index (χ2v) is 5.95. The summed E-state index contributed by atoms with van der Waals surface area (Å²) in [4.78, 5) is 11.7. The summed E-state index contributed by atoms with van der Waals surface area (Å²) in [6, 6.07) is 0. The fourth-order valence-corrected chi connectivity index (χ4v) is 2.65. The average Bonchev–Trinajstić information content (AvgIpc) is 2.44. The summed E-state index contributed by atoms with van der Waals surface area (Å²) in [7, 11) is 0. The molecule has 1 aliphatic carbocycles. The van der Waals surface area contributed by atoms with Gasteiger partial charge in [-0.2, -0.15) is 0 Å². The van der Waals surface area contributed by atoms with Gasteiger partial charge in [-0.3, -0.25) is 4.79 Å². The number of hydrogen-bond donors (Lipinski definition) is 1. The standard InChI is InChI=1S/C12H21NO2/c1-11(2,3)15-10(14)9-7-12(8-9)5-4-6-13-12/h9,13H,4-8H2,1-3H3. The molecule has 0 aromatic heterocycles. The molecule has 0 atom stereocenters. The minimum atomic E-state index is -0.344. The van der Waals surface area contributed by atoms with E-state index in [0.29, 0.717) is 5.54 Å². The molecule has 1 spiro atoms. The van der Waals surface area contributed by atoms with Gasteiger partial charge in [-0.25, -0.2) is 0 Å². The van der Waals surface area contributed by atoms with E-state index >= 15 is 0 Å². The zero-order chi connectivity index (χ0) is 11.1. The molecule has 2 fully saturated rings. The minimum absolute atomic E-state index is 0.0122. The Kier molecular flexibility index (Phi) is 2.53. The highest BCUT2D eigenvalue weighted by atomic mass is 16.6. The third kappa shape index (κ3) is 2.33. The van der Waals surface area contributed by atoms with Crippen LogP contribution in [-0.4, -0.2) is 23.7 Å². The van der Waals surface area contributed by atoms with E-state index in [1.807, 2.05) is 20.8 Å². The van der Waals surface area contributed by atoms with E-state index < -0.39 is 0 Å². The second-order valence-electron chi connectivity index (χ2n) is 5.95. The highest BCUT2D eigenvalue weighted by Crippen LogP contribution is 2.44. The number of hydrogen-bond acceptors (Lipinski definition) is 3. The number of carbonyl (C=O) groups excluding carboxylic acids is 1. The van der Waals surface area contributed by atoms with Crippen molar-refractivity contribution < 1.29 is 9.53 Å². The third-order valence-corrected chi connectivity index (χ3v) is 3.35. The molecule has 1 N–H and O–H groups in total.